The number of imidazole rings is 1. The summed E-state index contributed by atoms with van der Waals surface area (Å²) in [7, 11) is -3.39. The van der Waals surface area contributed by atoms with Gasteiger partial charge in [-0.05, 0) is 12.3 Å². The van der Waals surface area contributed by atoms with Gasteiger partial charge >= 0.3 is 5.97 Å². The summed E-state index contributed by atoms with van der Waals surface area (Å²) in [5, 5.41) is 9.56. The average molecular weight is 412 g/mol. The van der Waals surface area contributed by atoms with E-state index in [1.54, 1.807) is 24.7 Å². The number of nitrogen functional groups attached to an aromatic ring is 1. The lowest BCUT2D eigenvalue weighted by atomic mass is 10.0. The minimum Gasteiger partial charge on any atom is -0.480 e. The fourth-order valence-electron chi connectivity index (χ4n) is 3.26. The molecule has 0 radical (unpaired) electrons. The lowest BCUT2D eigenvalue weighted by molar-refractivity contribution is -0.143. The second kappa shape index (κ2) is 8.52. The van der Waals surface area contributed by atoms with Gasteiger partial charge in [0.1, 0.15) is 24.2 Å². The molecule has 3 N–H and O–H groups in total. The van der Waals surface area contributed by atoms with Crippen LogP contribution in [0.15, 0.2) is 12.7 Å². The van der Waals surface area contributed by atoms with Gasteiger partial charge < -0.3 is 24.7 Å². The van der Waals surface area contributed by atoms with Crippen LogP contribution in [0, 0.1) is 5.92 Å². The molecule has 1 aliphatic rings. The molecule has 154 valence electrons. The molecular weight excluding hydrogens is 387 g/mol. The number of carboxylic acid groups (broad SMARTS) is 1. The summed E-state index contributed by atoms with van der Waals surface area (Å²) in [5.74, 6) is -0.924. The molecule has 1 saturated heterocycles. The van der Waals surface area contributed by atoms with Gasteiger partial charge in [-0.25, -0.2) is 19.6 Å². The number of anilines is 1. The van der Waals surface area contributed by atoms with Crippen LogP contribution in [-0.4, -0.2) is 67.4 Å². The third-order valence-corrected chi connectivity index (χ3v) is 6.91. The van der Waals surface area contributed by atoms with Gasteiger partial charge in [0.2, 0.25) is 0 Å². The zero-order valence-electron chi connectivity index (χ0n) is 15.9. The number of ether oxygens (including phenoxy) is 1. The topological polar surface area (TPSA) is 146 Å². The van der Waals surface area contributed by atoms with Crippen molar-refractivity contribution in [1.82, 2.24) is 24.2 Å². The van der Waals surface area contributed by atoms with Gasteiger partial charge in [-0.15, -0.1) is 0 Å². The number of fused-ring (bicyclic) bond motifs is 1. The van der Waals surface area contributed by atoms with Gasteiger partial charge in [-0.2, -0.15) is 0 Å². The summed E-state index contributed by atoms with van der Waals surface area (Å²) in [6.07, 6.45) is 3.40. The molecule has 28 heavy (non-hydrogen) atoms. The molecule has 3 heterocycles. The van der Waals surface area contributed by atoms with E-state index in [9.17, 15) is 14.5 Å². The number of nitrogens with zero attached hydrogens (tertiary/aromatic N) is 5. The van der Waals surface area contributed by atoms with E-state index in [1.165, 1.54) is 11.0 Å². The Morgan fingerprint density at radius 1 is 1.43 bits per heavy atom. The van der Waals surface area contributed by atoms with E-state index in [4.69, 9.17) is 15.0 Å². The van der Waals surface area contributed by atoms with Crippen LogP contribution >= 0.6 is 7.52 Å². The maximum absolute atomic E-state index is 13.3. The highest BCUT2D eigenvalue weighted by atomic mass is 31.2. The Labute approximate surface area is 162 Å². The van der Waals surface area contributed by atoms with Gasteiger partial charge in [0.05, 0.1) is 19.5 Å². The summed E-state index contributed by atoms with van der Waals surface area (Å²) in [6, 6.07) is -0.882. The van der Waals surface area contributed by atoms with Crippen LogP contribution in [0.4, 0.5) is 5.82 Å². The normalized spacial score (nSPS) is 22.0. The van der Waals surface area contributed by atoms with Crippen molar-refractivity contribution in [3.8, 4) is 0 Å². The zero-order valence-corrected chi connectivity index (χ0v) is 16.8. The Morgan fingerprint density at radius 2 is 2.21 bits per heavy atom. The standard InChI is InChI=1S/C16H25N6O5P/c1-11(2)13(16(23)24)22-4-3-6-27-28(22,25)10-26-7-5-21-9-20-12-14(17)18-8-19-15(12)21/h8-9,11,13H,3-7,10H2,1-2H3,(H,23,24)(H2,17,18,19)/t13-,28?/m0/s1. The molecular formula is C16H25N6O5P. The monoisotopic (exact) mass is 412 g/mol. The van der Waals surface area contributed by atoms with Crippen molar-refractivity contribution in [2.45, 2.75) is 32.9 Å². The Hall–Kier alpha value is -2.07. The van der Waals surface area contributed by atoms with Gasteiger partial charge in [0, 0.05) is 13.1 Å². The summed E-state index contributed by atoms with van der Waals surface area (Å²) >= 11 is 0. The summed E-state index contributed by atoms with van der Waals surface area (Å²) in [4.78, 5) is 23.9. The van der Waals surface area contributed by atoms with Crippen LogP contribution < -0.4 is 5.73 Å². The number of rotatable bonds is 8. The van der Waals surface area contributed by atoms with Crippen molar-refractivity contribution in [2.24, 2.45) is 5.92 Å². The van der Waals surface area contributed by atoms with Crippen LogP contribution in [0.2, 0.25) is 0 Å². The number of hydrogen-bond acceptors (Lipinski definition) is 8. The Kier molecular flexibility index (Phi) is 6.29. The van der Waals surface area contributed by atoms with Gasteiger partial charge in [0.25, 0.3) is 7.52 Å². The molecule has 0 spiro atoms. The molecule has 1 aliphatic heterocycles. The first-order chi connectivity index (χ1) is 13.3. The number of carboxylic acids is 1. The predicted molar refractivity (Wildman–Crippen MR) is 102 cm³/mol. The molecule has 2 aromatic rings. The summed E-state index contributed by atoms with van der Waals surface area (Å²) < 4.78 is 27.7. The zero-order chi connectivity index (χ0) is 20.3. The third kappa shape index (κ3) is 4.17. The van der Waals surface area contributed by atoms with Crippen molar-refractivity contribution >= 4 is 30.5 Å². The highest BCUT2D eigenvalue weighted by Crippen LogP contribution is 2.55. The number of aromatic nitrogens is 4. The van der Waals surface area contributed by atoms with E-state index in [2.05, 4.69) is 15.0 Å². The Bertz CT molecular complexity index is 888. The maximum atomic E-state index is 13.3. The molecule has 2 atom stereocenters. The summed E-state index contributed by atoms with van der Waals surface area (Å²) in [6.45, 7) is 4.95. The van der Waals surface area contributed by atoms with Crippen molar-refractivity contribution < 1.29 is 23.7 Å². The molecule has 0 saturated carbocycles. The number of hydrogen-bond donors (Lipinski definition) is 2. The van der Waals surface area contributed by atoms with Gasteiger partial charge in [-0.3, -0.25) is 9.36 Å². The fraction of sp³-hybridized carbons (Fsp3) is 0.625. The Balaban J connectivity index is 1.64. The van der Waals surface area contributed by atoms with E-state index in [0.29, 0.717) is 43.1 Å². The molecule has 1 unspecified atom stereocenters. The Morgan fingerprint density at radius 3 is 2.93 bits per heavy atom. The molecule has 3 rings (SSSR count). The highest BCUT2D eigenvalue weighted by Gasteiger charge is 2.43. The minimum absolute atomic E-state index is 0.173. The van der Waals surface area contributed by atoms with Crippen LogP contribution in [-0.2, 0) is 25.2 Å². The van der Waals surface area contributed by atoms with E-state index in [-0.39, 0.29) is 18.9 Å². The highest BCUT2D eigenvalue weighted by molar-refractivity contribution is 7.56. The molecule has 0 aromatic carbocycles. The molecule has 1 fully saturated rings. The van der Waals surface area contributed by atoms with Crippen LogP contribution in [0.5, 0.6) is 0 Å². The number of aliphatic carboxylic acids is 1. The molecule has 11 nitrogen and oxygen atoms in total. The van der Waals surface area contributed by atoms with Gasteiger partial charge in [-0.1, -0.05) is 13.8 Å². The van der Waals surface area contributed by atoms with Crippen molar-refractivity contribution in [3.05, 3.63) is 12.7 Å². The number of carbonyl (C=O) groups is 1. The van der Waals surface area contributed by atoms with Crippen molar-refractivity contribution in [1.29, 1.82) is 0 Å². The minimum atomic E-state index is -3.39. The lowest BCUT2D eigenvalue weighted by Gasteiger charge is -2.39. The van der Waals surface area contributed by atoms with E-state index < -0.39 is 19.5 Å². The van der Waals surface area contributed by atoms with Crippen molar-refractivity contribution in [3.63, 3.8) is 0 Å². The van der Waals surface area contributed by atoms with E-state index in [0.717, 1.165) is 0 Å². The second-order valence-electron chi connectivity index (χ2n) is 6.92. The van der Waals surface area contributed by atoms with Crippen LogP contribution in [0.3, 0.4) is 0 Å². The third-order valence-electron chi connectivity index (χ3n) is 4.58. The lowest BCUT2D eigenvalue weighted by Crippen LogP contribution is -2.46. The molecule has 12 heteroatoms. The molecule has 0 aliphatic carbocycles. The van der Waals surface area contributed by atoms with Gasteiger partial charge in [0.15, 0.2) is 11.5 Å². The van der Waals surface area contributed by atoms with E-state index in [1.807, 2.05) is 0 Å². The second-order valence-corrected chi connectivity index (χ2v) is 9.23. The van der Waals surface area contributed by atoms with Crippen molar-refractivity contribution in [2.75, 3.05) is 31.8 Å². The average Bonchev–Trinajstić information content (AvgIpc) is 3.05. The quantitative estimate of drug-likeness (QED) is 0.482. The first-order valence-electron chi connectivity index (χ1n) is 9.06. The largest absolute Gasteiger partial charge is 0.480 e. The first-order valence-corrected chi connectivity index (χ1v) is 10.8. The SMILES string of the molecule is CC(C)[C@@H](C(=O)O)N1CCCOP1(=O)COCCn1cnc2c(N)ncnc21. The number of nitrogens with two attached hydrogens (primary N) is 1. The van der Waals surface area contributed by atoms with Crippen LogP contribution in [0.25, 0.3) is 11.2 Å². The molecule has 2 aromatic heterocycles. The van der Waals surface area contributed by atoms with Crippen LogP contribution in [0.1, 0.15) is 20.3 Å². The maximum Gasteiger partial charge on any atom is 0.321 e. The first kappa shape index (κ1) is 20.7. The fourth-order valence-corrected chi connectivity index (χ4v) is 5.60. The molecule has 0 amide bonds. The summed E-state index contributed by atoms with van der Waals surface area (Å²) in [5.41, 5.74) is 6.87. The predicted octanol–water partition coefficient (Wildman–Crippen LogP) is 1.41. The van der Waals surface area contributed by atoms with E-state index >= 15 is 0 Å². The molecule has 0 bridgehead atoms. The smallest absolute Gasteiger partial charge is 0.321 e.